The minimum atomic E-state index is 0.321. The molecule has 0 fully saturated rings. The van der Waals surface area contributed by atoms with Crippen LogP contribution in [-0.4, -0.2) is 36.2 Å². The lowest BCUT2D eigenvalue weighted by molar-refractivity contribution is 0.0853. The Labute approximate surface area is 125 Å². The van der Waals surface area contributed by atoms with Crippen LogP contribution in [0.5, 0.6) is 0 Å². The smallest absolute Gasteiger partial charge is 0.110 e. The van der Waals surface area contributed by atoms with Crippen molar-refractivity contribution in [3.8, 4) is 0 Å². The van der Waals surface area contributed by atoms with E-state index in [0.29, 0.717) is 18.0 Å². The third kappa shape index (κ3) is 4.71. The molecular formula is C14H25ClN2OS. The summed E-state index contributed by atoms with van der Waals surface area (Å²) in [5, 5.41) is 3.21. The number of hydrogen-bond donors (Lipinski definition) is 0. The fourth-order valence-electron chi connectivity index (χ4n) is 2.36. The first kappa shape index (κ1) is 16.9. The van der Waals surface area contributed by atoms with E-state index >= 15 is 0 Å². The molecule has 0 aromatic carbocycles. The largest absolute Gasteiger partial charge is 0.383 e. The molecule has 1 aromatic rings. The van der Waals surface area contributed by atoms with Gasteiger partial charge in [0.2, 0.25) is 0 Å². The number of nitrogens with zero attached hydrogens (tertiary/aromatic N) is 2. The van der Waals surface area contributed by atoms with E-state index < -0.39 is 0 Å². The molecule has 0 aliphatic heterocycles. The predicted octanol–water partition coefficient (Wildman–Crippen LogP) is 4.08. The molecule has 0 radical (unpaired) electrons. The Kier molecular flexibility index (Phi) is 7.91. The van der Waals surface area contributed by atoms with Crippen LogP contribution >= 0.6 is 22.9 Å². The second kappa shape index (κ2) is 8.90. The van der Waals surface area contributed by atoms with Gasteiger partial charge in [-0.1, -0.05) is 13.8 Å². The maximum absolute atomic E-state index is 5.84. The number of alkyl halides is 1. The second-order valence-electron chi connectivity index (χ2n) is 4.69. The normalized spacial score (nSPS) is 13.4. The SMILES string of the molecule is CCC(CC)N(CCOC)C(C)c1nc(CCl)cs1. The zero-order chi connectivity index (χ0) is 14.3. The molecule has 1 unspecified atom stereocenters. The Balaban J connectivity index is 2.82. The minimum Gasteiger partial charge on any atom is -0.383 e. The molecule has 0 amide bonds. The van der Waals surface area contributed by atoms with Crippen molar-refractivity contribution in [1.82, 2.24) is 9.88 Å². The van der Waals surface area contributed by atoms with Crippen molar-refractivity contribution in [1.29, 1.82) is 0 Å². The van der Waals surface area contributed by atoms with Gasteiger partial charge in [0, 0.05) is 25.1 Å². The van der Waals surface area contributed by atoms with Gasteiger partial charge < -0.3 is 4.74 Å². The van der Waals surface area contributed by atoms with Crippen molar-refractivity contribution in [3.05, 3.63) is 16.1 Å². The zero-order valence-corrected chi connectivity index (χ0v) is 13.9. The van der Waals surface area contributed by atoms with Crippen molar-refractivity contribution in [2.75, 3.05) is 20.3 Å². The molecule has 0 spiro atoms. The summed E-state index contributed by atoms with van der Waals surface area (Å²) in [6, 6.07) is 0.899. The summed E-state index contributed by atoms with van der Waals surface area (Å²) in [6.45, 7) is 8.42. The molecule has 0 saturated heterocycles. The lowest BCUT2D eigenvalue weighted by atomic mass is 10.1. The summed E-state index contributed by atoms with van der Waals surface area (Å²) in [7, 11) is 1.75. The summed E-state index contributed by atoms with van der Waals surface area (Å²) in [4.78, 5) is 7.11. The maximum Gasteiger partial charge on any atom is 0.110 e. The molecule has 3 nitrogen and oxygen atoms in total. The molecule has 0 bridgehead atoms. The van der Waals surface area contributed by atoms with E-state index in [1.165, 1.54) is 0 Å². The molecule has 0 saturated carbocycles. The van der Waals surface area contributed by atoms with Gasteiger partial charge in [0.05, 0.1) is 24.2 Å². The van der Waals surface area contributed by atoms with Gasteiger partial charge >= 0.3 is 0 Å². The van der Waals surface area contributed by atoms with Gasteiger partial charge in [-0.15, -0.1) is 22.9 Å². The van der Waals surface area contributed by atoms with Crippen LogP contribution in [0.2, 0.25) is 0 Å². The van der Waals surface area contributed by atoms with Gasteiger partial charge in [-0.2, -0.15) is 0 Å². The van der Waals surface area contributed by atoms with Crippen LogP contribution in [0.4, 0.5) is 0 Å². The molecule has 0 aliphatic carbocycles. The van der Waals surface area contributed by atoms with Crippen LogP contribution in [0.15, 0.2) is 5.38 Å². The van der Waals surface area contributed by atoms with Crippen molar-refractivity contribution < 1.29 is 4.74 Å². The number of rotatable bonds is 9. The highest BCUT2D eigenvalue weighted by Crippen LogP contribution is 2.27. The molecule has 0 N–H and O–H groups in total. The Morgan fingerprint density at radius 1 is 1.42 bits per heavy atom. The van der Waals surface area contributed by atoms with Crippen molar-refractivity contribution in [2.45, 2.75) is 51.6 Å². The van der Waals surface area contributed by atoms with E-state index in [1.807, 2.05) is 0 Å². The monoisotopic (exact) mass is 304 g/mol. The average Bonchev–Trinajstić information content (AvgIpc) is 2.91. The highest BCUT2D eigenvalue weighted by molar-refractivity contribution is 7.09. The summed E-state index contributed by atoms with van der Waals surface area (Å²) in [6.07, 6.45) is 2.30. The molecule has 1 aromatic heterocycles. The van der Waals surface area contributed by atoms with Gasteiger partial charge in [-0.3, -0.25) is 4.90 Å². The van der Waals surface area contributed by atoms with Crippen LogP contribution in [-0.2, 0) is 10.6 Å². The Bertz CT molecular complexity index is 355. The van der Waals surface area contributed by atoms with Crippen molar-refractivity contribution in [3.63, 3.8) is 0 Å². The molecule has 19 heavy (non-hydrogen) atoms. The number of methoxy groups -OCH3 is 1. The van der Waals surface area contributed by atoms with E-state index in [2.05, 4.69) is 36.0 Å². The summed E-state index contributed by atoms with van der Waals surface area (Å²) < 4.78 is 5.24. The summed E-state index contributed by atoms with van der Waals surface area (Å²) >= 11 is 7.54. The maximum atomic E-state index is 5.84. The van der Waals surface area contributed by atoms with Crippen LogP contribution in [0.25, 0.3) is 0 Å². The summed E-state index contributed by atoms with van der Waals surface area (Å²) in [5.41, 5.74) is 0.977. The fourth-order valence-corrected chi connectivity index (χ4v) is 3.49. The lowest BCUT2D eigenvalue weighted by Gasteiger charge is -2.34. The average molecular weight is 305 g/mol. The molecule has 5 heteroatoms. The third-order valence-electron chi connectivity index (χ3n) is 3.53. The first-order chi connectivity index (χ1) is 9.17. The van der Waals surface area contributed by atoms with Crippen molar-refractivity contribution >= 4 is 22.9 Å². The highest BCUT2D eigenvalue weighted by atomic mass is 35.5. The topological polar surface area (TPSA) is 25.4 Å². The number of ether oxygens (including phenoxy) is 1. The number of hydrogen-bond acceptors (Lipinski definition) is 4. The van der Waals surface area contributed by atoms with E-state index in [-0.39, 0.29) is 0 Å². The number of thiazole rings is 1. The lowest BCUT2D eigenvalue weighted by Crippen LogP contribution is -2.39. The zero-order valence-electron chi connectivity index (χ0n) is 12.4. The Morgan fingerprint density at radius 2 is 2.11 bits per heavy atom. The van der Waals surface area contributed by atoms with Gasteiger partial charge in [0.1, 0.15) is 5.01 Å². The van der Waals surface area contributed by atoms with Crippen LogP contribution in [0.3, 0.4) is 0 Å². The highest BCUT2D eigenvalue weighted by Gasteiger charge is 2.24. The summed E-state index contributed by atoms with van der Waals surface area (Å²) in [5.74, 6) is 0.492. The van der Waals surface area contributed by atoms with E-state index in [0.717, 1.165) is 36.7 Å². The third-order valence-corrected chi connectivity index (χ3v) is 4.86. The van der Waals surface area contributed by atoms with Gasteiger partial charge in [-0.25, -0.2) is 4.98 Å². The molecule has 1 atom stereocenters. The quantitative estimate of drug-likeness (QED) is 0.643. The van der Waals surface area contributed by atoms with Crippen LogP contribution in [0.1, 0.15) is 50.4 Å². The Hall–Kier alpha value is -0.160. The van der Waals surface area contributed by atoms with Gasteiger partial charge in [0.15, 0.2) is 0 Å². The molecule has 0 aliphatic rings. The standard InChI is InChI=1S/C14H25ClN2OS/c1-5-13(6-2)17(7-8-18-4)11(3)14-16-12(9-15)10-19-14/h10-11,13H,5-9H2,1-4H3. The molecule has 1 rings (SSSR count). The fraction of sp³-hybridized carbons (Fsp3) is 0.786. The van der Waals surface area contributed by atoms with Crippen LogP contribution in [0, 0.1) is 0 Å². The van der Waals surface area contributed by atoms with E-state index in [4.69, 9.17) is 16.3 Å². The Morgan fingerprint density at radius 3 is 2.58 bits per heavy atom. The van der Waals surface area contributed by atoms with E-state index in [1.54, 1.807) is 18.4 Å². The molecular weight excluding hydrogens is 280 g/mol. The molecule has 1 heterocycles. The van der Waals surface area contributed by atoms with Gasteiger partial charge in [0.25, 0.3) is 0 Å². The number of halogens is 1. The minimum absolute atomic E-state index is 0.321. The second-order valence-corrected chi connectivity index (χ2v) is 5.84. The first-order valence-corrected chi connectivity index (χ1v) is 8.34. The van der Waals surface area contributed by atoms with Gasteiger partial charge in [-0.05, 0) is 19.8 Å². The van der Waals surface area contributed by atoms with Crippen molar-refractivity contribution in [2.24, 2.45) is 0 Å². The molecule has 110 valence electrons. The first-order valence-electron chi connectivity index (χ1n) is 6.92. The predicted molar refractivity (Wildman–Crippen MR) is 83.0 cm³/mol. The van der Waals surface area contributed by atoms with Crippen LogP contribution < -0.4 is 0 Å². The van der Waals surface area contributed by atoms with E-state index in [9.17, 15) is 0 Å². The number of aromatic nitrogens is 1.